The van der Waals surface area contributed by atoms with Gasteiger partial charge in [-0.05, 0) is 66.3 Å². The Hall–Kier alpha value is -4.14. The molecule has 0 saturated carbocycles. The molecule has 0 spiro atoms. The number of carbonyl (C=O) groups is 1. The average Bonchev–Trinajstić information content (AvgIpc) is 3.05. The van der Waals surface area contributed by atoms with Crippen molar-refractivity contribution < 1.29 is 34.0 Å². The quantitative estimate of drug-likeness (QED) is 0.215. The molecule has 0 aliphatic carbocycles. The molecule has 0 radical (unpaired) electrons. The van der Waals surface area contributed by atoms with Crippen LogP contribution in [0.3, 0.4) is 0 Å². The average molecular weight is 631 g/mol. The fourth-order valence-electron chi connectivity index (χ4n) is 5.58. The van der Waals surface area contributed by atoms with E-state index < -0.39 is 12.2 Å². The van der Waals surface area contributed by atoms with Crippen LogP contribution in [0, 0.1) is 0 Å². The lowest BCUT2D eigenvalue weighted by atomic mass is 9.77. The Kier molecular flexibility index (Phi) is 11.7. The summed E-state index contributed by atoms with van der Waals surface area (Å²) < 4.78 is 15.9. The molecule has 0 amide bonds. The minimum atomic E-state index is -1.01. The van der Waals surface area contributed by atoms with E-state index in [1.807, 2.05) is 30.3 Å². The van der Waals surface area contributed by atoms with Gasteiger partial charge in [-0.25, -0.2) is 0 Å². The highest BCUT2D eigenvalue weighted by molar-refractivity contribution is 6.02. The highest BCUT2D eigenvalue weighted by Crippen LogP contribution is 2.39. The largest absolute Gasteiger partial charge is 0.502 e. The summed E-state index contributed by atoms with van der Waals surface area (Å²) in [7, 11) is 0. The van der Waals surface area contributed by atoms with Crippen molar-refractivity contribution in [2.75, 3.05) is 13.2 Å². The molecule has 246 valence electrons. The van der Waals surface area contributed by atoms with Gasteiger partial charge in [-0.1, -0.05) is 78.1 Å². The molecule has 3 N–H and O–H groups in total. The molecule has 0 bridgehead atoms. The first-order valence-corrected chi connectivity index (χ1v) is 16.2. The van der Waals surface area contributed by atoms with Crippen molar-refractivity contribution in [3.8, 4) is 17.2 Å². The Balaban J connectivity index is 0.000000157. The van der Waals surface area contributed by atoms with E-state index in [1.165, 1.54) is 5.56 Å². The third-order valence-corrected chi connectivity index (χ3v) is 8.41. The van der Waals surface area contributed by atoms with Crippen LogP contribution in [-0.4, -0.2) is 46.5 Å². The number of aliphatic hydroxyl groups is 2. The number of ketones is 1. The Labute approximate surface area is 270 Å². The van der Waals surface area contributed by atoms with Gasteiger partial charge in [0.2, 0.25) is 5.43 Å². The van der Waals surface area contributed by atoms with Crippen molar-refractivity contribution in [3.63, 3.8) is 0 Å². The number of rotatable bonds is 6. The Morgan fingerprint density at radius 2 is 1.33 bits per heavy atom. The summed E-state index contributed by atoms with van der Waals surface area (Å²) >= 11 is 0. The number of carbonyl (C=O) groups excluding carboxylic acids is 1. The number of aliphatic hydroxyl groups excluding tert-OH is 2. The summed E-state index contributed by atoms with van der Waals surface area (Å²) in [6, 6.07) is 17.4. The Bertz CT molecular complexity index is 1700. The van der Waals surface area contributed by atoms with Gasteiger partial charge in [0.05, 0.1) is 17.1 Å². The van der Waals surface area contributed by atoms with Crippen LogP contribution in [0.15, 0.2) is 70.1 Å². The fraction of sp³-hybridized carbons (Fsp3) is 0.421. The molecule has 2 atom stereocenters. The molecule has 3 aromatic carbocycles. The predicted octanol–water partition coefficient (Wildman–Crippen LogP) is 6.70. The van der Waals surface area contributed by atoms with E-state index in [0.717, 1.165) is 67.2 Å². The highest BCUT2D eigenvalue weighted by Gasteiger charge is 2.36. The monoisotopic (exact) mass is 630 g/mol. The molecule has 0 saturated heterocycles. The van der Waals surface area contributed by atoms with E-state index in [0.29, 0.717) is 28.9 Å². The molecule has 2 aliphatic rings. The minimum absolute atomic E-state index is 0.0684. The van der Waals surface area contributed by atoms with Gasteiger partial charge in [-0.3, -0.25) is 9.59 Å². The number of aromatic hydroxyl groups is 1. The first-order valence-electron chi connectivity index (χ1n) is 16.2. The number of hydrogen-bond acceptors (Lipinski definition) is 8. The van der Waals surface area contributed by atoms with E-state index in [2.05, 4.69) is 46.8 Å². The van der Waals surface area contributed by atoms with Crippen molar-refractivity contribution in [1.29, 1.82) is 0 Å². The van der Waals surface area contributed by atoms with Crippen LogP contribution in [-0.2, 0) is 24.7 Å². The van der Waals surface area contributed by atoms with Crippen molar-refractivity contribution >= 4 is 16.8 Å². The zero-order valence-corrected chi connectivity index (χ0v) is 27.5. The molecule has 2 unspecified atom stereocenters. The SMILES string of the molecule is CCCc1ccc2c(c1)C(=O)C(O)CO2.CCCc1ccc2c(c1)C(C)(C)C(O)CO2.CCCc1ccc2occ(O)c(=O)c2c1. The molecular formula is C38H46O8. The summed E-state index contributed by atoms with van der Waals surface area (Å²) in [5, 5.41) is 29.0. The van der Waals surface area contributed by atoms with Crippen molar-refractivity contribution in [2.24, 2.45) is 0 Å². The molecule has 4 aromatic rings. The fourth-order valence-corrected chi connectivity index (χ4v) is 5.58. The second-order valence-electron chi connectivity index (χ2n) is 12.4. The topological polar surface area (TPSA) is 126 Å². The summed E-state index contributed by atoms with van der Waals surface area (Å²) in [4.78, 5) is 23.2. The molecule has 2 aliphatic heterocycles. The minimum Gasteiger partial charge on any atom is -0.502 e. The third kappa shape index (κ3) is 7.98. The van der Waals surface area contributed by atoms with Gasteiger partial charge in [0.25, 0.3) is 0 Å². The normalized spacial score (nSPS) is 17.7. The van der Waals surface area contributed by atoms with E-state index in [9.17, 15) is 24.9 Å². The van der Waals surface area contributed by atoms with Gasteiger partial charge in [-0.15, -0.1) is 0 Å². The molecule has 8 heteroatoms. The number of hydrogen-bond donors (Lipinski definition) is 3. The molecule has 46 heavy (non-hydrogen) atoms. The van der Waals surface area contributed by atoms with Crippen LogP contribution in [0.4, 0.5) is 0 Å². The lowest BCUT2D eigenvalue weighted by molar-refractivity contribution is 0.0318. The van der Waals surface area contributed by atoms with Gasteiger partial charge in [0.15, 0.2) is 17.6 Å². The summed E-state index contributed by atoms with van der Waals surface area (Å²) in [5.74, 6) is 0.950. The van der Waals surface area contributed by atoms with Gasteiger partial charge in [0.1, 0.15) is 36.6 Å². The maximum atomic E-state index is 11.6. The maximum Gasteiger partial charge on any atom is 0.234 e. The second-order valence-corrected chi connectivity index (χ2v) is 12.4. The molecular weight excluding hydrogens is 584 g/mol. The van der Waals surface area contributed by atoms with Crippen LogP contribution in [0.2, 0.25) is 0 Å². The summed E-state index contributed by atoms with van der Waals surface area (Å²) in [5.41, 5.74) is 5.11. The van der Waals surface area contributed by atoms with Gasteiger partial charge < -0.3 is 29.2 Å². The van der Waals surface area contributed by atoms with Crippen LogP contribution in [0.5, 0.6) is 17.2 Å². The third-order valence-electron chi connectivity index (χ3n) is 8.41. The molecule has 3 heterocycles. The van der Waals surface area contributed by atoms with E-state index in [1.54, 1.807) is 12.1 Å². The Morgan fingerprint density at radius 3 is 1.98 bits per heavy atom. The smallest absolute Gasteiger partial charge is 0.234 e. The molecule has 1 aromatic heterocycles. The van der Waals surface area contributed by atoms with Crippen molar-refractivity contribution in [2.45, 2.75) is 90.8 Å². The van der Waals surface area contributed by atoms with Gasteiger partial charge in [-0.2, -0.15) is 0 Å². The van der Waals surface area contributed by atoms with Crippen molar-refractivity contribution in [1.82, 2.24) is 0 Å². The van der Waals surface area contributed by atoms with Crippen LogP contribution in [0.1, 0.15) is 86.5 Å². The zero-order valence-electron chi connectivity index (χ0n) is 27.5. The lowest BCUT2D eigenvalue weighted by Gasteiger charge is -2.37. The van der Waals surface area contributed by atoms with E-state index >= 15 is 0 Å². The van der Waals surface area contributed by atoms with Gasteiger partial charge in [0, 0.05) is 11.0 Å². The molecule has 6 rings (SSSR count). The predicted molar refractivity (Wildman–Crippen MR) is 179 cm³/mol. The number of aryl methyl sites for hydroxylation is 3. The van der Waals surface area contributed by atoms with Crippen LogP contribution in [0.25, 0.3) is 11.0 Å². The summed E-state index contributed by atoms with van der Waals surface area (Å²) in [6.45, 7) is 11.0. The second kappa shape index (κ2) is 15.4. The first kappa shape index (κ1) is 34.7. The molecule has 0 fully saturated rings. The maximum absolute atomic E-state index is 11.6. The first-order chi connectivity index (χ1) is 22.0. The van der Waals surface area contributed by atoms with Gasteiger partial charge >= 0.3 is 0 Å². The lowest BCUT2D eigenvalue weighted by Crippen LogP contribution is -2.42. The Morgan fingerprint density at radius 1 is 0.761 bits per heavy atom. The molecule has 8 nitrogen and oxygen atoms in total. The zero-order chi connectivity index (χ0) is 33.4. The van der Waals surface area contributed by atoms with Crippen molar-refractivity contribution in [3.05, 3.63) is 98.9 Å². The number of fused-ring (bicyclic) bond motifs is 3. The number of Topliss-reactive ketones (excluding diaryl/α,β-unsaturated/α-hetero) is 1. The summed E-state index contributed by atoms with van der Waals surface area (Å²) in [6.07, 6.45) is 5.80. The number of ether oxygens (including phenoxy) is 2. The number of benzene rings is 3. The van der Waals surface area contributed by atoms with Crippen LogP contribution >= 0.6 is 0 Å². The van der Waals surface area contributed by atoms with E-state index in [4.69, 9.17) is 13.9 Å². The van der Waals surface area contributed by atoms with E-state index in [-0.39, 0.29) is 29.0 Å². The van der Waals surface area contributed by atoms with Crippen LogP contribution < -0.4 is 14.9 Å². The highest BCUT2D eigenvalue weighted by atomic mass is 16.5. The standard InChI is InChI=1S/C14H20O2.C12H14O3.C12H12O3/c1-4-5-10-6-7-12-11(8-10)14(2,3)13(15)9-16-12;2*1-2-3-8-4-5-11-9(6-8)12(14)10(13)7-15-11/h6-8,13,15H,4-5,9H2,1-3H3;4-6,10,13H,2-3,7H2,1H3;4-7,13H,2-3H2,1H3.